The van der Waals surface area contributed by atoms with Crippen molar-refractivity contribution < 1.29 is 0 Å². The summed E-state index contributed by atoms with van der Waals surface area (Å²) in [7, 11) is 0. The molecule has 0 aliphatic heterocycles. The van der Waals surface area contributed by atoms with Crippen LogP contribution >= 0.6 is 11.6 Å². The molecule has 2 N–H and O–H groups in total. The highest BCUT2D eigenvalue weighted by atomic mass is 35.5. The van der Waals surface area contributed by atoms with Crippen LogP contribution < -0.4 is 5.73 Å². The summed E-state index contributed by atoms with van der Waals surface area (Å²) in [4.78, 5) is 0. The minimum Gasteiger partial charge on any atom is -0.319 e. The smallest absolute Gasteiger partial charge is 0.0858 e. The first-order valence-electron chi connectivity index (χ1n) is 6.64. The van der Waals surface area contributed by atoms with Gasteiger partial charge in [0, 0.05) is 5.02 Å². The predicted molar refractivity (Wildman–Crippen MR) is 83.6 cm³/mol. The summed E-state index contributed by atoms with van der Waals surface area (Å²) in [5.74, 6) is 0. The Bertz CT molecular complexity index is 752. The van der Waals surface area contributed by atoms with Crippen LogP contribution in [0.5, 0.6) is 0 Å². The molecule has 0 amide bonds. The van der Waals surface area contributed by atoms with Crippen molar-refractivity contribution in [2.45, 2.75) is 13.0 Å². The van der Waals surface area contributed by atoms with Crippen LogP contribution in [0.2, 0.25) is 5.02 Å². The highest BCUT2D eigenvalue weighted by molar-refractivity contribution is 6.30. The monoisotopic (exact) mass is 298 g/mol. The maximum Gasteiger partial charge on any atom is 0.0858 e. The lowest BCUT2D eigenvalue weighted by Gasteiger charge is -2.16. The molecule has 0 spiro atoms. The van der Waals surface area contributed by atoms with Crippen LogP contribution in [0.15, 0.2) is 54.7 Å². The molecule has 0 aliphatic rings. The summed E-state index contributed by atoms with van der Waals surface area (Å²) in [6, 6.07) is 15.2. The van der Waals surface area contributed by atoms with Crippen molar-refractivity contribution in [3.63, 3.8) is 0 Å². The number of benzene rings is 2. The van der Waals surface area contributed by atoms with Crippen LogP contribution in [0.25, 0.3) is 5.69 Å². The number of aromatic nitrogens is 3. The number of nitrogens with two attached hydrogens (primary N) is 1. The maximum absolute atomic E-state index is 6.41. The lowest BCUT2D eigenvalue weighted by molar-refractivity contribution is 0.717. The summed E-state index contributed by atoms with van der Waals surface area (Å²) in [6.45, 7) is 2.02. The van der Waals surface area contributed by atoms with Gasteiger partial charge in [-0.15, -0.1) is 5.10 Å². The lowest BCUT2D eigenvalue weighted by atomic mass is 10.00. The summed E-state index contributed by atoms with van der Waals surface area (Å²) >= 11 is 6.09. The van der Waals surface area contributed by atoms with Gasteiger partial charge in [-0.25, -0.2) is 4.68 Å². The van der Waals surface area contributed by atoms with E-state index in [0.717, 1.165) is 22.5 Å². The first-order chi connectivity index (χ1) is 10.2. The molecule has 0 bridgehead atoms. The molecule has 2 aromatic carbocycles. The molecule has 1 atom stereocenters. The Hall–Kier alpha value is -2.17. The number of aryl methyl sites for hydroxylation is 1. The van der Waals surface area contributed by atoms with Gasteiger partial charge in [0.1, 0.15) is 0 Å². The largest absolute Gasteiger partial charge is 0.319 e. The van der Waals surface area contributed by atoms with Crippen LogP contribution in [0.1, 0.15) is 22.9 Å². The zero-order valence-corrected chi connectivity index (χ0v) is 12.3. The predicted octanol–water partition coefficient (Wildman–Crippen LogP) is 3.28. The van der Waals surface area contributed by atoms with Gasteiger partial charge < -0.3 is 5.73 Å². The molecule has 3 rings (SSSR count). The number of hydrogen-bond donors (Lipinski definition) is 1. The Morgan fingerprint density at radius 2 is 1.90 bits per heavy atom. The number of hydrogen-bond acceptors (Lipinski definition) is 3. The molecular formula is C16H15ClN4. The van der Waals surface area contributed by atoms with Gasteiger partial charge in [-0.2, -0.15) is 0 Å². The zero-order chi connectivity index (χ0) is 14.8. The fourth-order valence-electron chi connectivity index (χ4n) is 2.33. The SMILES string of the molecule is Cc1ccc(Cl)cc1C(N)c1cnnn1-c1ccccc1. The van der Waals surface area contributed by atoms with E-state index in [-0.39, 0.29) is 6.04 Å². The number of para-hydroxylation sites is 1. The van der Waals surface area contributed by atoms with Gasteiger partial charge >= 0.3 is 0 Å². The van der Waals surface area contributed by atoms with Gasteiger partial charge in [0.2, 0.25) is 0 Å². The van der Waals surface area contributed by atoms with Gasteiger partial charge in [0.05, 0.1) is 23.6 Å². The van der Waals surface area contributed by atoms with E-state index < -0.39 is 0 Å². The van der Waals surface area contributed by atoms with E-state index in [0.29, 0.717) is 5.02 Å². The van der Waals surface area contributed by atoms with Gasteiger partial charge in [0.15, 0.2) is 0 Å². The van der Waals surface area contributed by atoms with E-state index in [1.165, 1.54) is 0 Å². The molecule has 106 valence electrons. The highest BCUT2D eigenvalue weighted by Gasteiger charge is 2.18. The van der Waals surface area contributed by atoms with Crippen molar-refractivity contribution in [1.29, 1.82) is 0 Å². The van der Waals surface area contributed by atoms with Gasteiger partial charge in [0.25, 0.3) is 0 Å². The van der Waals surface area contributed by atoms with E-state index in [4.69, 9.17) is 17.3 Å². The van der Waals surface area contributed by atoms with E-state index >= 15 is 0 Å². The number of rotatable bonds is 3. The van der Waals surface area contributed by atoms with Crippen LogP contribution in [-0.4, -0.2) is 15.0 Å². The fraction of sp³-hybridized carbons (Fsp3) is 0.125. The summed E-state index contributed by atoms with van der Waals surface area (Å²) in [5, 5.41) is 8.81. The van der Waals surface area contributed by atoms with Crippen LogP contribution in [0, 0.1) is 6.92 Å². The third-order valence-electron chi connectivity index (χ3n) is 3.47. The average molecular weight is 299 g/mol. The van der Waals surface area contributed by atoms with Crippen molar-refractivity contribution in [2.24, 2.45) is 5.73 Å². The molecule has 4 nitrogen and oxygen atoms in total. The third-order valence-corrected chi connectivity index (χ3v) is 3.71. The molecule has 0 radical (unpaired) electrons. The molecule has 5 heteroatoms. The Balaban J connectivity index is 2.06. The van der Waals surface area contributed by atoms with Crippen LogP contribution in [0.3, 0.4) is 0 Å². The Morgan fingerprint density at radius 1 is 1.14 bits per heavy atom. The second kappa shape index (κ2) is 5.68. The van der Waals surface area contributed by atoms with E-state index in [2.05, 4.69) is 10.3 Å². The van der Waals surface area contributed by atoms with Gasteiger partial charge in [-0.3, -0.25) is 0 Å². The zero-order valence-electron chi connectivity index (χ0n) is 11.6. The van der Waals surface area contributed by atoms with E-state index in [1.54, 1.807) is 10.9 Å². The molecule has 0 fully saturated rings. The molecule has 1 heterocycles. The van der Waals surface area contributed by atoms with Gasteiger partial charge in [-0.1, -0.05) is 41.1 Å². The second-order valence-electron chi connectivity index (χ2n) is 4.88. The summed E-state index contributed by atoms with van der Waals surface area (Å²) in [5.41, 5.74) is 10.2. The maximum atomic E-state index is 6.41. The molecular weight excluding hydrogens is 284 g/mol. The van der Waals surface area contributed by atoms with Gasteiger partial charge in [-0.05, 0) is 42.3 Å². The lowest BCUT2D eigenvalue weighted by Crippen LogP contribution is -2.17. The third kappa shape index (κ3) is 2.68. The average Bonchev–Trinajstić information content (AvgIpc) is 2.99. The van der Waals surface area contributed by atoms with Crippen LogP contribution in [0.4, 0.5) is 0 Å². The summed E-state index contributed by atoms with van der Waals surface area (Å²) in [6.07, 6.45) is 1.69. The van der Waals surface area contributed by atoms with E-state index in [9.17, 15) is 0 Å². The quantitative estimate of drug-likeness (QED) is 0.807. The topological polar surface area (TPSA) is 56.7 Å². The van der Waals surface area contributed by atoms with Crippen molar-refractivity contribution in [1.82, 2.24) is 15.0 Å². The van der Waals surface area contributed by atoms with Crippen LogP contribution in [-0.2, 0) is 0 Å². The second-order valence-corrected chi connectivity index (χ2v) is 5.32. The molecule has 0 saturated carbocycles. The molecule has 1 unspecified atom stereocenters. The van der Waals surface area contributed by atoms with Crippen molar-refractivity contribution >= 4 is 11.6 Å². The van der Waals surface area contributed by atoms with Crippen molar-refractivity contribution in [3.8, 4) is 5.69 Å². The Kier molecular flexibility index (Phi) is 3.73. The number of halogens is 1. The molecule has 0 aliphatic carbocycles. The minimum atomic E-state index is -0.334. The minimum absolute atomic E-state index is 0.334. The standard InChI is InChI=1S/C16H15ClN4/c1-11-7-8-12(17)9-14(11)16(18)15-10-19-20-21(15)13-5-3-2-4-6-13/h2-10,16H,18H2,1H3. The Labute approximate surface area is 128 Å². The van der Waals surface area contributed by atoms with Crippen molar-refractivity contribution in [2.75, 3.05) is 0 Å². The molecule has 21 heavy (non-hydrogen) atoms. The Morgan fingerprint density at radius 3 is 2.67 bits per heavy atom. The fourth-order valence-corrected chi connectivity index (χ4v) is 2.51. The highest BCUT2D eigenvalue weighted by Crippen LogP contribution is 2.26. The molecule has 0 saturated heterocycles. The summed E-state index contributed by atoms with van der Waals surface area (Å²) < 4.78 is 1.75. The van der Waals surface area contributed by atoms with Crippen molar-refractivity contribution in [3.05, 3.63) is 76.6 Å². The number of nitrogens with zero attached hydrogens (tertiary/aromatic N) is 3. The van der Waals surface area contributed by atoms with E-state index in [1.807, 2.05) is 55.5 Å². The first-order valence-corrected chi connectivity index (χ1v) is 7.02. The molecule has 1 aromatic heterocycles. The molecule has 3 aromatic rings. The first kappa shape index (κ1) is 13.8. The normalized spacial score (nSPS) is 12.3.